The molecule has 1 atom stereocenters. The van der Waals surface area contributed by atoms with Gasteiger partial charge in [0.05, 0.1) is 20.3 Å². The van der Waals surface area contributed by atoms with Gasteiger partial charge in [0.1, 0.15) is 12.7 Å². The van der Waals surface area contributed by atoms with Gasteiger partial charge in [-0.3, -0.25) is 4.90 Å². The molecule has 0 saturated carbocycles. The quantitative estimate of drug-likeness (QED) is 0.539. The molecule has 164 valence electrons. The van der Waals surface area contributed by atoms with E-state index in [1.54, 1.807) is 7.11 Å². The van der Waals surface area contributed by atoms with Gasteiger partial charge in [0, 0.05) is 19.6 Å². The van der Waals surface area contributed by atoms with Crippen LogP contribution in [0.3, 0.4) is 0 Å². The van der Waals surface area contributed by atoms with Crippen LogP contribution in [0, 0.1) is 0 Å². The molecule has 0 amide bonds. The molecule has 0 unspecified atom stereocenters. The SMILES string of the molecule is COc1ccc(CCCCCN2CCOCC2)cc1OC[C@H](O)CN1CCCC1. The second kappa shape index (κ2) is 12.4. The number of hydrogen-bond donors (Lipinski definition) is 1. The van der Waals surface area contributed by atoms with Gasteiger partial charge in [0.25, 0.3) is 0 Å². The highest BCUT2D eigenvalue weighted by atomic mass is 16.5. The van der Waals surface area contributed by atoms with Crippen LogP contribution in [0.4, 0.5) is 0 Å². The molecule has 1 aromatic rings. The van der Waals surface area contributed by atoms with E-state index in [4.69, 9.17) is 14.2 Å². The summed E-state index contributed by atoms with van der Waals surface area (Å²) < 4.78 is 16.8. The molecule has 2 heterocycles. The number of aliphatic hydroxyl groups is 1. The number of methoxy groups -OCH3 is 1. The maximum atomic E-state index is 10.3. The summed E-state index contributed by atoms with van der Waals surface area (Å²) in [5.74, 6) is 1.47. The number of aryl methyl sites for hydroxylation is 1. The lowest BCUT2D eigenvalue weighted by Gasteiger charge is -2.26. The van der Waals surface area contributed by atoms with Crippen LogP contribution in [0.15, 0.2) is 18.2 Å². The van der Waals surface area contributed by atoms with Gasteiger partial charge < -0.3 is 24.2 Å². The lowest BCUT2D eigenvalue weighted by Crippen LogP contribution is -2.36. The Balaban J connectivity index is 1.38. The number of aliphatic hydroxyl groups excluding tert-OH is 1. The van der Waals surface area contributed by atoms with Gasteiger partial charge in [0.15, 0.2) is 11.5 Å². The van der Waals surface area contributed by atoms with Crippen molar-refractivity contribution in [2.75, 3.05) is 66.2 Å². The fraction of sp³-hybridized carbons (Fsp3) is 0.739. The topological polar surface area (TPSA) is 54.4 Å². The van der Waals surface area contributed by atoms with Crippen molar-refractivity contribution in [3.05, 3.63) is 23.8 Å². The molecule has 2 aliphatic rings. The highest BCUT2D eigenvalue weighted by Crippen LogP contribution is 2.29. The molecule has 2 aliphatic heterocycles. The third-order valence-corrected chi connectivity index (χ3v) is 5.87. The minimum Gasteiger partial charge on any atom is -0.493 e. The Kier molecular flexibility index (Phi) is 9.54. The van der Waals surface area contributed by atoms with Gasteiger partial charge in [-0.2, -0.15) is 0 Å². The number of nitrogens with zero attached hydrogens (tertiary/aromatic N) is 2. The van der Waals surface area contributed by atoms with Crippen LogP contribution in [-0.4, -0.2) is 87.2 Å². The van der Waals surface area contributed by atoms with Crippen LogP contribution in [0.2, 0.25) is 0 Å². The predicted molar refractivity (Wildman–Crippen MR) is 115 cm³/mol. The van der Waals surface area contributed by atoms with E-state index < -0.39 is 6.10 Å². The molecule has 2 saturated heterocycles. The van der Waals surface area contributed by atoms with Crippen molar-refractivity contribution in [2.45, 2.75) is 44.6 Å². The van der Waals surface area contributed by atoms with E-state index in [0.717, 1.165) is 57.3 Å². The highest BCUT2D eigenvalue weighted by molar-refractivity contribution is 5.43. The fourth-order valence-corrected chi connectivity index (χ4v) is 4.16. The summed E-state index contributed by atoms with van der Waals surface area (Å²) in [7, 11) is 1.66. The van der Waals surface area contributed by atoms with E-state index in [-0.39, 0.29) is 0 Å². The van der Waals surface area contributed by atoms with Gasteiger partial charge in [-0.1, -0.05) is 12.5 Å². The summed E-state index contributed by atoms with van der Waals surface area (Å²) in [5, 5.41) is 10.3. The minimum absolute atomic E-state index is 0.301. The summed E-state index contributed by atoms with van der Waals surface area (Å²) in [6, 6.07) is 6.17. The standard InChI is InChI=1S/C23H38N2O4/c1-27-22-9-8-20(7-3-2-4-10-24-13-15-28-16-14-24)17-23(22)29-19-21(26)18-25-11-5-6-12-25/h8-9,17,21,26H,2-7,10-16,18-19H2,1H3/t21-/m1/s1. The fourth-order valence-electron chi connectivity index (χ4n) is 4.16. The highest BCUT2D eigenvalue weighted by Gasteiger charge is 2.17. The van der Waals surface area contributed by atoms with Gasteiger partial charge >= 0.3 is 0 Å². The summed E-state index contributed by atoms with van der Waals surface area (Å²) in [4.78, 5) is 4.80. The van der Waals surface area contributed by atoms with Crippen molar-refractivity contribution < 1.29 is 19.3 Å². The van der Waals surface area contributed by atoms with Gasteiger partial charge in [-0.05, 0) is 69.4 Å². The first-order valence-electron chi connectivity index (χ1n) is 11.2. The van der Waals surface area contributed by atoms with Crippen molar-refractivity contribution in [3.63, 3.8) is 0 Å². The number of unbranched alkanes of at least 4 members (excludes halogenated alkanes) is 2. The van der Waals surface area contributed by atoms with E-state index in [1.165, 1.54) is 44.2 Å². The number of rotatable bonds is 12. The summed E-state index contributed by atoms with van der Waals surface area (Å²) in [5.41, 5.74) is 1.27. The molecule has 0 aromatic heterocycles. The molecular formula is C23H38N2O4. The first-order chi connectivity index (χ1) is 14.2. The molecule has 0 spiro atoms. The Bertz CT molecular complexity index is 586. The maximum absolute atomic E-state index is 10.3. The predicted octanol–water partition coefficient (Wildman–Crippen LogP) is 2.58. The van der Waals surface area contributed by atoms with Crippen molar-refractivity contribution >= 4 is 0 Å². The van der Waals surface area contributed by atoms with E-state index >= 15 is 0 Å². The van der Waals surface area contributed by atoms with Crippen molar-refractivity contribution in [1.29, 1.82) is 0 Å². The van der Waals surface area contributed by atoms with Crippen LogP contribution >= 0.6 is 0 Å². The van der Waals surface area contributed by atoms with Gasteiger partial charge in [-0.15, -0.1) is 0 Å². The van der Waals surface area contributed by atoms with E-state index in [1.807, 2.05) is 6.07 Å². The number of benzene rings is 1. The zero-order valence-electron chi connectivity index (χ0n) is 18.0. The summed E-state index contributed by atoms with van der Waals surface area (Å²) in [6.45, 7) is 8.23. The van der Waals surface area contributed by atoms with Crippen LogP contribution in [0.1, 0.15) is 37.7 Å². The van der Waals surface area contributed by atoms with E-state index in [0.29, 0.717) is 13.2 Å². The average Bonchev–Trinajstić information content (AvgIpc) is 3.26. The van der Waals surface area contributed by atoms with Gasteiger partial charge in [0.2, 0.25) is 0 Å². The minimum atomic E-state index is -0.471. The normalized spacial score (nSPS) is 19.4. The van der Waals surface area contributed by atoms with E-state index in [9.17, 15) is 5.11 Å². The summed E-state index contributed by atoms with van der Waals surface area (Å²) in [6.07, 6.45) is 6.68. The molecule has 29 heavy (non-hydrogen) atoms. The lowest BCUT2D eigenvalue weighted by molar-refractivity contribution is 0.0371. The molecule has 0 bridgehead atoms. The second-order valence-corrected chi connectivity index (χ2v) is 8.22. The van der Waals surface area contributed by atoms with Crippen molar-refractivity contribution in [3.8, 4) is 11.5 Å². The Hall–Kier alpha value is -1.34. The Morgan fingerprint density at radius 3 is 2.55 bits per heavy atom. The van der Waals surface area contributed by atoms with Gasteiger partial charge in [-0.25, -0.2) is 0 Å². The molecular weight excluding hydrogens is 368 g/mol. The second-order valence-electron chi connectivity index (χ2n) is 8.22. The van der Waals surface area contributed by atoms with Crippen LogP contribution in [0.5, 0.6) is 11.5 Å². The van der Waals surface area contributed by atoms with Crippen LogP contribution in [-0.2, 0) is 11.2 Å². The average molecular weight is 407 g/mol. The third-order valence-electron chi connectivity index (χ3n) is 5.87. The molecule has 1 aromatic carbocycles. The molecule has 3 rings (SSSR count). The van der Waals surface area contributed by atoms with Crippen LogP contribution < -0.4 is 9.47 Å². The van der Waals surface area contributed by atoms with Crippen molar-refractivity contribution in [2.24, 2.45) is 0 Å². The van der Waals surface area contributed by atoms with E-state index in [2.05, 4.69) is 21.9 Å². The largest absolute Gasteiger partial charge is 0.493 e. The first kappa shape index (κ1) is 22.3. The smallest absolute Gasteiger partial charge is 0.161 e. The number of morpholine rings is 1. The number of β-amino-alcohol motifs (C(OH)–C–C–N with tert-alkyl or cyclic N) is 1. The molecule has 2 fully saturated rings. The molecule has 1 N–H and O–H groups in total. The molecule has 0 radical (unpaired) electrons. The number of ether oxygens (including phenoxy) is 3. The first-order valence-corrected chi connectivity index (χ1v) is 11.2. The molecule has 0 aliphatic carbocycles. The van der Waals surface area contributed by atoms with Crippen LogP contribution in [0.25, 0.3) is 0 Å². The third kappa shape index (κ3) is 7.78. The Labute approximate surface area is 175 Å². The zero-order valence-corrected chi connectivity index (χ0v) is 18.0. The molecule has 6 heteroatoms. The zero-order chi connectivity index (χ0) is 20.3. The lowest BCUT2D eigenvalue weighted by atomic mass is 10.1. The monoisotopic (exact) mass is 406 g/mol. The van der Waals surface area contributed by atoms with Crippen molar-refractivity contribution in [1.82, 2.24) is 9.80 Å². The molecule has 6 nitrogen and oxygen atoms in total. The Morgan fingerprint density at radius 2 is 1.79 bits per heavy atom. The number of likely N-dealkylation sites (tertiary alicyclic amines) is 1. The Morgan fingerprint density at radius 1 is 1.00 bits per heavy atom. The number of hydrogen-bond acceptors (Lipinski definition) is 6. The maximum Gasteiger partial charge on any atom is 0.161 e. The summed E-state index contributed by atoms with van der Waals surface area (Å²) >= 11 is 0.